The normalized spacial score (nSPS) is 28.3. The Bertz CT molecular complexity index is 1220. The lowest BCUT2D eigenvalue weighted by molar-refractivity contribution is -0.151. The zero-order valence-corrected chi connectivity index (χ0v) is 22.7. The Labute approximate surface area is 222 Å². The summed E-state index contributed by atoms with van der Waals surface area (Å²) in [4.78, 5) is 36.7. The van der Waals surface area contributed by atoms with Gasteiger partial charge in [-0.2, -0.15) is 0 Å². The van der Waals surface area contributed by atoms with Crippen LogP contribution in [0.5, 0.6) is 0 Å². The van der Waals surface area contributed by atoms with E-state index in [1.54, 1.807) is 6.07 Å². The van der Waals surface area contributed by atoms with Crippen LogP contribution in [0.25, 0.3) is 5.57 Å². The average molecular weight is 529 g/mol. The summed E-state index contributed by atoms with van der Waals surface area (Å²) < 4.78 is 28.7. The molecule has 5 atom stereocenters. The van der Waals surface area contributed by atoms with Crippen LogP contribution in [-0.4, -0.2) is 36.7 Å². The molecule has 2 aliphatic rings. The van der Waals surface area contributed by atoms with Crippen molar-refractivity contribution in [2.75, 3.05) is 13.7 Å². The summed E-state index contributed by atoms with van der Waals surface area (Å²) in [6.07, 6.45) is 3.52. The van der Waals surface area contributed by atoms with E-state index >= 15 is 0 Å². The van der Waals surface area contributed by atoms with E-state index in [1.807, 2.05) is 26.8 Å². The number of carboxylic acid groups (broad SMARTS) is 1. The average Bonchev–Trinajstić information content (AvgIpc) is 3.55. The minimum Gasteiger partial charge on any atom is -0.481 e. The van der Waals surface area contributed by atoms with Gasteiger partial charge in [-0.25, -0.2) is 4.79 Å². The molecule has 3 heterocycles. The van der Waals surface area contributed by atoms with Gasteiger partial charge in [0.25, 0.3) is 0 Å². The number of esters is 2. The van der Waals surface area contributed by atoms with Gasteiger partial charge >= 0.3 is 17.9 Å². The van der Waals surface area contributed by atoms with Crippen molar-refractivity contribution in [3.8, 4) is 0 Å². The van der Waals surface area contributed by atoms with Crippen LogP contribution in [0.4, 0.5) is 0 Å². The van der Waals surface area contributed by atoms with Crippen molar-refractivity contribution < 1.29 is 42.5 Å². The van der Waals surface area contributed by atoms with Crippen molar-refractivity contribution in [2.24, 2.45) is 16.7 Å². The van der Waals surface area contributed by atoms with E-state index in [0.717, 1.165) is 5.56 Å². The van der Waals surface area contributed by atoms with Gasteiger partial charge in [0.05, 0.1) is 25.7 Å². The summed E-state index contributed by atoms with van der Waals surface area (Å²) in [6, 6.07) is 3.61. The molecule has 0 bridgehead atoms. The van der Waals surface area contributed by atoms with Crippen molar-refractivity contribution in [3.63, 3.8) is 0 Å². The van der Waals surface area contributed by atoms with Crippen molar-refractivity contribution >= 4 is 23.5 Å². The molecule has 1 N–H and O–H groups in total. The predicted molar refractivity (Wildman–Crippen MR) is 136 cm³/mol. The number of fused-ring (bicyclic) bond motifs is 1. The fourth-order valence-electron chi connectivity index (χ4n) is 6.26. The molecule has 206 valence electrons. The van der Waals surface area contributed by atoms with Crippen molar-refractivity contribution in [2.45, 2.75) is 72.0 Å². The molecule has 0 saturated heterocycles. The molecule has 0 radical (unpaired) electrons. The number of cyclic esters (lactones) is 1. The quantitative estimate of drug-likeness (QED) is 0.400. The maximum atomic E-state index is 12.8. The monoisotopic (exact) mass is 528 g/mol. The van der Waals surface area contributed by atoms with Gasteiger partial charge in [0.15, 0.2) is 0 Å². The number of carbonyl (C=O) groups is 3. The molecule has 9 nitrogen and oxygen atoms in total. The molecule has 1 aliphatic carbocycles. The minimum atomic E-state index is -0.954. The van der Waals surface area contributed by atoms with Crippen LogP contribution >= 0.6 is 0 Å². The van der Waals surface area contributed by atoms with Gasteiger partial charge < -0.3 is 28.2 Å². The third kappa shape index (κ3) is 4.79. The summed E-state index contributed by atoms with van der Waals surface area (Å²) in [7, 11) is 1.38. The zero-order valence-electron chi connectivity index (χ0n) is 22.7. The van der Waals surface area contributed by atoms with Crippen LogP contribution in [0.15, 0.2) is 39.6 Å². The van der Waals surface area contributed by atoms with Gasteiger partial charge in [-0.3, -0.25) is 9.59 Å². The summed E-state index contributed by atoms with van der Waals surface area (Å²) in [5.41, 5.74) is 0.708. The molecule has 2 aromatic heterocycles. The van der Waals surface area contributed by atoms with E-state index in [9.17, 15) is 19.5 Å². The minimum absolute atomic E-state index is 0.125. The van der Waals surface area contributed by atoms with E-state index in [2.05, 4.69) is 13.8 Å². The number of furan rings is 2. The first-order chi connectivity index (χ1) is 17.9. The molecule has 38 heavy (non-hydrogen) atoms. The van der Waals surface area contributed by atoms with Gasteiger partial charge in [0.1, 0.15) is 17.6 Å². The maximum absolute atomic E-state index is 12.8. The second-order valence-electron chi connectivity index (χ2n) is 11.0. The molecule has 2 aromatic rings. The zero-order chi connectivity index (χ0) is 27.8. The van der Waals surface area contributed by atoms with Crippen LogP contribution in [0.3, 0.4) is 0 Å². The molecule has 5 unspecified atom stereocenters. The van der Waals surface area contributed by atoms with E-state index in [4.69, 9.17) is 23.0 Å². The molecular formula is C29H36O9. The molecule has 9 heteroatoms. The Morgan fingerprint density at radius 2 is 1.95 bits per heavy atom. The topological polar surface area (TPSA) is 125 Å². The van der Waals surface area contributed by atoms with Gasteiger partial charge in [0.2, 0.25) is 0 Å². The number of methoxy groups -OCH3 is 1. The van der Waals surface area contributed by atoms with Crippen molar-refractivity contribution in [1.29, 1.82) is 0 Å². The van der Waals surface area contributed by atoms with E-state index in [0.29, 0.717) is 29.3 Å². The molecule has 1 aliphatic heterocycles. The number of carbonyl (C=O) groups excluding carboxylic acids is 2. The fraction of sp³-hybridized carbons (Fsp3) is 0.552. The fourth-order valence-corrected chi connectivity index (χ4v) is 6.26. The van der Waals surface area contributed by atoms with E-state index in [1.165, 1.54) is 25.7 Å². The molecule has 0 spiro atoms. The van der Waals surface area contributed by atoms with Gasteiger partial charge in [-0.1, -0.05) is 27.7 Å². The van der Waals surface area contributed by atoms with Crippen LogP contribution < -0.4 is 0 Å². The van der Waals surface area contributed by atoms with E-state index < -0.39 is 28.9 Å². The number of aliphatic carboxylic acids is 1. The number of carboxylic acids is 1. The lowest BCUT2D eigenvalue weighted by atomic mass is 9.61. The highest BCUT2D eigenvalue weighted by molar-refractivity contribution is 5.94. The van der Waals surface area contributed by atoms with Crippen LogP contribution in [0, 0.1) is 16.7 Å². The molecule has 0 aromatic carbocycles. The standard InChI is InChI=1S/C29H36O9/c1-7-36-27-18-12-21(37-25(18)16(2)19(28(27,3)4)13-23(32)34-6)20-14-24(33)38-26(17-9-11-35-15-17)29(20,5)10-8-22(30)31/h9,11-12,14-16,19,26-27H,7-8,10,13H2,1-6H3,(H,30,31). The third-order valence-electron chi connectivity index (χ3n) is 8.33. The van der Waals surface area contributed by atoms with Crippen LogP contribution in [-0.2, 0) is 28.6 Å². The Balaban J connectivity index is 1.85. The maximum Gasteiger partial charge on any atom is 0.331 e. The molecule has 4 rings (SSSR count). The van der Waals surface area contributed by atoms with Gasteiger partial charge in [-0.05, 0) is 36.8 Å². The first-order valence-electron chi connectivity index (χ1n) is 12.9. The first-order valence-corrected chi connectivity index (χ1v) is 12.9. The van der Waals surface area contributed by atoms with Crippen LogP contribution in [0.2, 0.25) is 0 Å². The highest BCUT2D eigenvalue weighted by Gasteiger charge is 2.52. The summed E-state index contributed by atoms with van der Waals surface area (Å²) in [6.45, 7) is 10.4. The Kier molecular flexibility index (Phi) is 7.61. The summed E-state index contributed by atoms with van der Waals surface area (Å²) in [5, 5.41) is 9.50. The van der Waals surface area contributed by atoms with Crippen molar-refractivity contribution in [3.05, 3.63) is 53.4 Å². The molecular weight excluding hydrogens is 492 g/mol. The van der Waals surface area contributed by atoms with E-state index in [-0.39, 0.29) is 43.2 Å². The highest BCUT2D eigenvalue weighted by atomic mass is 16.5. The molecule has 0 saturated carbocycles. The highest BCUT2D eigenvalue weighted by Crippen LogP contribution is 2.59. The number of hydrogen-bond donors (Lipinski definition) is 1. The molecule has 0 amide bonds. The number of ether oxygens (including phenoxy) is 3. The number of rotatable bonds is 9. The van der Waals surface area contributed by atoms with Gasteiger partial charge in [0, 0.05) is 53.6 Å². The SMILES string of the molecule is CCOC1c2cc(C3=CC(=O)OC(c4ccoc4)C3(C)CCC(=O)O)oc2C(C)C(CC(=O)OC)C1(C)C. The largest absolute Gasteiger partial charge is 0.481 e. The Morgan fingerprint density at radius 1 is 1.21 bits per heavy atom. The summed E-state index contributed by atoms with van der Waals surface area (Å²) in [5.74, 6) is -0.930. The lowest BCUT2D eigenvalue weighted by Crippen LogP contribution is -2.41. The predicted octanol–water partition coefficient (Wildman–Crippen LogP) is 5.83. The second-order valence-corrected chi connectivity index (χ2v) is 11.0. The smallest absolute Gasteiger partial charge is 0.331 e. The Hall–Kier alpha value is -3.33. The first kappa shape index (κ1) is 27.7. The van der Waals surface area contributed by atoms with Gasteiger partial charge in [-0.15, -0.1) is 0 Å². The molecule has 0 fully saturated rings. The van der Waals surface area contributed by atoms with Crippen molar-refractivity contribution in [1.82, 2.24) is 0 Å². The third-order valence-corrected chi connectivity index (χ3v) is 8.33. The second kappa shape index (κ2) is 10.4. The number of hydrogen-bond acceptors (Lipinski definition) is 8. The Morgan fingerprint density at radius 3 is 2.55 bits per heavy atom. The lowest BCUT2D eigenvalue weighted by Gasteiger charge is -2.46. The summed E-state index contributed by atoms with van der Waals surface area (Å²) >= 11 is 0. The van der Waals surface area contributed by atoms with Crippen LogP contribution in [0.1, 0.15) is 94.7 Å².